The molecule has 0 bridgehead atoms. The molecule has 2 aromatic heterocycles. The van der Waals surface area contributed by atoms with E-state index in [1.165, 1.54) is 41.7 Å². The molecule has 10 heteroatoms. The van der Waals surface area contributed by atoms with Gasteiger partial charge in [-0.05, 0) is 48.5 Å². The van der Waals surface area contributed by atoms with Gasteiger partial charge in [-0.15, -0.1) is 11.3 Å². The van der Waals surface area contributed by atoms with Crippen LogP contribution < -0.4 is 10.5 Å². The van der Waals surface area contributed by atoms with Gasteiger partial charge < -0.3 is 9.73 Å². The van der Waals surface area contributed by atoms with Gasteiger partial charge >= 0.3 is 0 Å². The van der Waals surface area contributed by atoms with Crippen molar-refractivity contribution >= 4 is 49.2 Å². The quantitative estimate of drug-likeness (QED) is 0.351. The van der Waals surface area contributed by atoms with Gasteiger partial charge in [-0.2, -0.15) is 5.26 Å². The van der Waals surface area contributed by atoms with E-state index in [0.717, 1.165) is 10.2 Å². The molecule has 0 saturated heterocycles. The number of carbonyl (C=O) groups is 1. The molecule has 4 aromatic rings. The maximum absolute atomic E-state index is 12.4. The minimum absolute atomic E-state index is 0.0838. The number of thiazole rings is 1. The molecule has 0 aliphatic rings. The van der Waals surface area contributed by atoms with E-state index >= 15 is 0 Å². The number of hydrogen-bond donors (Lipinski definition) is 2. The van der Waals surface area contributed by atoms with Crippen LogP contribution in [0, 0.1) is 11.3 Å². The standard InChI is InChI=1S/C21H14N4O4S2/c22-12-13(20(26)24-14-5-8-16(9-6-14)31(23,27)28)11-15-7-10-18(29-15)21-25-17-3-1-2-4-19(17)30-21/h1-11H,(H,24,26)(H2,23,27,28)/b13-11+. The van der Waals surface area contributed by atoms with Crippen molar-refractivity contribution in [3.05, 3.63) is 72.0 Å². The Bertz CT molecular complexity index is 1430. The molecule has 0 aliphatic carbocycles. The normalized spacial score (nSPS) is 11.9. The van der Waals surface area contributed by atoms with Gasteiger partial charge in [0.05, 0.1) is 15.1 Å². The molecule has 2 heterocycles. The van der Waals surface area contributed by atoms with E-state index < -0.39 is 15.9 Å². The summed E-state index contributed by atoms with van der Waals surface area (Å²) in [7, 11) is -3.83. The lowest BCUT2D eigenvalue weighted by Crippen LogP contribution is -2.14. The molecule has 0 spiro atoms. The fourth-order valence-corrected chi connectivity index (χ4v) is 4.18. The minimum atomic E-state index is -3.83. The van der Waals surface area contributed by atoms with Crippen LogP contribution in [0.5, 0.6) is 0 Å². The zero-order valence-electron chi connectivity index (χ0n) is 15.8. The summed E-state index contributed by atoms with van der Waals surface area (Å²) in [5.41, 5.74) is 0.996. The van der Waals surface area contributed by atoms with Gasteiger partial charge in [0, 0.05) is 11.8 Å². The van der Waals surface area contributed by atoms with Crippen LogP contribution in [0.15, 0.2) is 75.5 Å². The van der Waals surface area contributed by atoms with Gasteiger partial charge in [-0.1, -0.05) is 12.1 Å². The fraction of sp³-hybridized carbons (Fsp3) is 0. The molecule has 0 radical (unpaired) electrons. The molecule has 154 valence electrons. The van der Waals surface area contributed by atoms with Crippen LogP contribution in [-0.4, -0.2) is 19.3 Å². The Morgan fingerprint density at radius 1 is 1.13 bits per heavy atom. The molecular weight excluding hydrogens is 436 g/mol. The molecule has 0 fully saturated rings. The lowest BCUT2D eigenvalue weighted by Gasteiger charge is -2.05. The Hall–Kier alpha value is -3.78. The lowest BCUT2D eigenvalue weighted by molar-refractivity contribution is -0.112. The third kappa shape index (κ3) is 4.54. The highest BCUT2D eigenvalue weighted by Crippen LogP contribution is 2.31. The van der Waals surface area contributed by atoms with Crippen LogP contribution in [0.2, 0.25) is 0 Å². The zero-order valence-corrected chi connectivity index (χ0v) is 17.4. The molecule has 31 heavy (non-hydrogen) atoms. The summed E-state index contributed by atoms with van der Waals surface area (Å²) in [5, 5.41) is 17.7. The van der Waals surface area contributed by atoms with Crippen molar-refractivity contribution in [2.24, 2.45) is 5.14 Å². The molecular formula is C21H14N4O4S2. The number of anilines is 1. The maximum Gasteiger partial charge on any atom is 0.266 e. The summed E-state index contributed by atoms with van der Waals surface area (Å²) < 4.78 is 29.4. The lowest BCUT2D eigenvalue weighted by atomic mass is 10.2. The first kappa shape index (κ1) is 20.5. The van der Waals surface area contributed by atoms with Gasteiger partial charge in [0.1, 0.15) is 17.4 Å². The van der Waals surface area contributed by atoms with Crippen molar-refractivity contribution in [2.45, 2.75) is 4.90 Å². The van der Waals surface area contributed by atoms with Crippen molar-refractivity contribution < 1.29 is 17.6 Å². The highest BCUT2D eigenvalue weighted by Gasteiger charge is 2.14. The first-order valence-corrected chi connectivity index (χ1v) is 11.2. The number of amides is 1. The number of primary sulfonamides is 1. The van der Waals surface area contributed by atoms with Crippen LogP contribution in [0.1, 0.15) is 5.76 Å². The number of aromatic nitrogens is 1. The highest BCUT2D eigenvalue weighted by atomic mass is 32.2. The number of sulfonamides is 1. The van der Waals surface area contributed by atoms with Crippen molar-refractivity contribution in [3.63, 3.8) is 0 Å². The molecule has 3 N–H and O–H groups in total. The van der Waals surface area contributed by atoms with Crippen LogP contribution in [0.4, 0.5) is 5.69 Å². The maximum atomic E-state index is 12.4. The number of nitrogens with one attached hydrogen (secondary N) is 1. The molecule has 8 nitrogen and oxygen atoms in total. The smallest absolute Gasteiger partial charge is 0.266 e. The predicted octanol–water partition coefficient (Wildman–Crippen LogP) is 3.75. The van der Waals surface area contributed by atoms with Gasteiger partial charge in [-0.25, -0.2) is 18.5 Å². The summed E-state index contributed by atoms with van der Waals surface area (Å²) >= 11 is 1.48. The SMILES string of the molecule is N#C/C(=C\c1ccc(-c2nc3ccccc3s2)o1)C(=O)Nc1ccc(S(N)(=O)=O)cc1. The number of furan rings is 1. The second-order valence-corrected chi connectivity index (χ2v) is 8.97. The highest BCUT2D eigenvalue weighted by molar-refractivity contribution is 7.89. The zero-order chi connectivity index (χ0) is 22.0. The van der Waals surface area contributed by atoms with Crippen molar-refractivity contribution in [1.29, 1.82) is 5.26 Å². The largest absolute Gasteiger partial charge is 0.454 e. The van der Waals surface area contributed by atoms with Gasteiger partial charge in [0.15, 0.2) is 10.8 Å². The number of nitrogens with zero attached hydrogens (tertiary/aromatic N) is 2. The van der Waals surface area contributed by atoms with E-state index in [-0.39, 0.29) is 10.5 Å². The molecule has 0 unspecified atom stereocenters. The topological polar surface area (TPSA) is 139 Å². The van der Waals surface area contributed by atoms with E-state index in [1.54, 1.807) is 12.1 Å². The summed E-state index contributed by atoms with van der Waals surface area (Å²) in [6.45, 7) is 0. The van der Waals surface area contributed by atoms with Crippen LogP contribution in [0.3, 0.4) is 0 Å². The molecule has 0 saturated carbocycles. The Balaban J connectivity index is 1.53. The summed E-state index contributed by atoms with van der Waals surface area (Å²) in [6.07, 6.45) is 1.32. The monoisotopic (exact) mass is 450 g/mol. The van der Waals surface area contributed by atoms with E-state index in [1.807, 2.05) is 30.3 Å². The average Bonchev–Trinajstić information content (AvgIpc) is 3.38. The predicted molar refractivity (Wildman–Crippen MR) is 117 cm³/mol. The number of fused-ring (bicyclic) bond motifs is 1. The van der Waals surface area contributed by atoms with Gasteiger partial charge in [-0.3, -0.25) is 4.79 Å². The molecule has 0 aliphatic heterocycles. The molecule has 0 atom stereocenters. The number of nitriles is 1. The third-order valence-corrected chi connectivity index (χ3v) is 6.20. The van der Waals surface area contributed by atoms with Crippen LogP contribution >= 0.6 is 11.3 Å². The van der Waals surface area contributed by atoms with Gasteiger partial charge in [0.2, 0.25) is 10.0 Å². The van der Waals surface area contributed by atoms with E-state index in [4.69, 9.17) is 9.56 Å². The summed E-state index contributed by atoms with van der Waals surface area (Å²) in [5.74, 6) is 0.193. The van der Waals surface area contributed by atoms with E-state index in [2.05, 4.69) is 10.3 Å². The number of nitrogens with two attached hydrogens (primary N) is 1. The number of rotatable bonds is 5. The Morgan fingerprint density at radius 3 is 2.55 bits per heavy atom. The summed E-state index contributed by atoms with van der Waals surface area (Å²) in [4.78, 5) is 16.9. The molecule has 2 aromatic carbocycles. The first-order valence-electron chi connectivity index (χ1n) is 8.85. The van der Waals surface area contributed by atoms with Crippen LogP contribution in [-0.2, 0) is 14.8 Å². The Morgan fingerprint density at radius 2 is 1.87 bits per heavy atom. The molecule has 1 amide bonds. The van der Waals surface area contributed by atoms with Crippen LogP contribution in [0.25, 0.3) is 27.1 Å². The average molecular weight is 451 g/mol. The number of benzene rings is 2. The van der Waals surface area contributed by atoms with E-state index in [9.17, 15) is 18.5 Å². The Kier molecular flexibility index (Phi) is 5.39. The van der Waals surface area contributed by atoms with Crippen molar-refractivity contribution in [2.75, 3.05) is 5.32 Å². The second kappa shape index (κ2) is 8.16. The van der Waals surface area contributed by atoms with Gasteiger partial charge in [0.25, 0.3) is 5.91 Å². The summed E-state index contributed by atoms with van der Waals surface area (Å²) in [6, 6.07) is 18.2. The third-order valence-electron chi connectivity index (χ3n) is 4.22. The Labute approximate surface area is 181 Å². The van der Waals surface area contributed by atoms with Crippen molar-refractivity contribution in [1.82, 2.24) is 4.98 Å². The number of hydrogen-bond acceptors (Lipinski definition) is 7. The second-order valence-electron chi connectivity index (χ2n) is 6.38. The van der Waals surface area contributed by atoms with Crippen molar-refractivity contribution in [3.8, 4) is 16.8 Å². The molecule has 4 rings (SSSR count). The minimum Gasteiger partial charge on any atom is -0.454 e. The number of carbonyl (C=O) groups excluding carboxylic acids is 1. The first-order chi connectivity index (χ1) is 14.8. The number of para-hydroxylation sites is 1. The van der Waals surface area contributed by atoms with E-state index in [0.29, 0.717) is 22.2 Å². The fourth-order valence-electron chi connectivity index (χ4n) is 2.74.